The Hall–Kier alpha value is -3.07. The van der Waals surface area contributed by atoms with Crippen LogP contribution in [0, 0.1) is 0 Å². The van der Waals surface area contributed by atoms with Crippen molar-refractivity contribution in [3.8, 4) is 11.5 Å². The van der Waals surface area contributed by atoms with Gasteiger partial charge in [-0.05, 0) is 57.5 Å². The van der Waals surface area contributed by atoms with E-state index in [2.05, 4.69) is 4.99 Å². The summed E-state index contributed by atoms with van der Waals surface area (Å²) >= 11 is 13.3. The zero-order chi connectivity index (χ0) is 26.1. The number of carbonyl (C=O) groups excluding carboxylic acids is 1. The van der Waals surface area contributed by atoms with Crippen LogP contribution in [0.4, 0.5) is 0 Å². The first-order valence-electron chi connectivity index (χ1n) is 11.3. The number of thiazole rings is 1. The van der Waals surface area contributed by atoms with Crippen LogP contribution in [0.1, 0.15) is 44.9 Å². The number of rotatable bonds is 6. The number of para-hydroxylation sites is 1. The summed E-state index contributed by atoms with van der Waals surface area (Å²) in [5, 5.41) is 10.0. The molecule has 0 aliphatic carbocycles. The largest absolute Gasteiger partial charge is 0.505 e. The van der Waals surface area contributed by atoms with E-state index in [-0.39, 0.29) is 39.6 Å². The van der Waals surface area contributed by atoms with E-state index in [1.54, 1.807) is 19.9 Å². The van der Waals surface area contributed by atoms with Gasteiger partial charge in [0.2, 0.25) is 0 Å². The molecule has 36 heavy (non-hydrogen) atoms. The fourth-order valence-electron chi connectivity index (χ4n) is 3.97. The van der Waals surface area contributed by atoms with Crippen LogP contribution in [0.2, 0.25) is 10.0 Å². The molecule has 1 aromatic heterocycles. The Bertz CT molecular complexity index is 1530. The maximum atomic E-state index is 13.8. The number of esters is 1. The first kappa shape index (κ1) is 26.0. The van der Waals surface area contributed by atoms with Crippen molar-refractivity contribution in [2.45, 2.75) is 39.8 Å². The average molecular weight is 547 g/mol. The first-order valence-corrected chi connectivity index (χ1v) is 12.8. The summed E-state index contributed by atoms with van der Waals surface area (Å²) < 4.78 is 13.2. The zero-order valence-electron chi connectivity index (χ0n) is 20.0. The van der Waals surface area contributed by atoms with Gasteiger partial charge in [0.15, 0.2) is 10.6 Å². The topological polar surface area (TPSA) is 90.1 Å². The van der Waals surface area contributed by atoms with Crippen molar-refractivity contribution in [1.82, 2.24) is 4.57 Å². The minimum Gasteiger partial charge on any atom is -0.505 e. The highest BCUT2D eigenvalue weighted by Crippen LogP contribution is 2.36. The summed E-state index contributed by atoms with van der Waals surface area (Å²) in [5.74, 6) is -0.219. The van der Waals surface area contributed by atoms with E-state index in [4.69, 9.17) is 32.7 Å². The Balaban J connectivity index is 1.99. The number of aromatic hydroxyl groups is 1. The molecule has 2 aromatic carbocycles. The third-order valence-corrected chi connectivity index (χ3v) is 6.99. The predicted molar refractivity (Wildman–Crippen MR) is 141 cm³/mol. The number of nitrogens with zero attached hydrogens (tertiary/aromatic N) is 2. The molecule has 1 aliphatic heterocycles. The third kappa shape index (κ3) is 4.93. The van der Waals surface area contributed by atoms with E-state index in [1.807, 2.05) is 38.1 Å². The second kappa shape index (κ2) is 10.5. The number of carbonyl (C=O) groups is 1. The Morgan fingerprint density at radius 2 is 1.92 bits per heavy atom. The van der Waals surface area contributed by atoms with Gasteiger partial charge in [-0.15, -0.1) is 0 Å². The molecule has 4 rings (SSSR count). The van der Waals surface area contributed by atoms with Crippen molar-refractivity contribution in [3.05, 3.63) is 88.5 Å². The molecular formula is C26H24Cl2N2O5S. The van der Waals surface area contributed by atoms with E-state index < -0.39 is 12.0 Å². The van der Waals surface area contributed by atoms with Gasteiger partial charge in [-0.2, -0.15) is 0 Å². The molecule has 3 aromatic rings. The van der Waals surface area contributed by atoms with Crippen molar-refractivity contribution in [3.63, 3.8) is 0 Å². The molecule has 1 atom stereocenters. The molecule has 0 unspecified atom stereocenters. The molecule has 0 amide bonds. The molecule has 0 spiro atoms. The van der Waals surface area contributed by atoms with Crippen molar-refractivity contribution in [1.29, 1.82) is 0 Å². The number of hydrogen-bond donors (Lipinski definition) is 1. The second-order valence-corrected chi connectivity index (χ2v) is 10.2. The zero-order valence-corrected chi connectivity index (χ0v) is 22.4. The minimum atomic E-state index is -0.801. The fraction of sp³-hybridized carbons (Fsp3) is 0.269. The lowest BCUT2D eigenvalue weighted by Gasteiger charge is -2.26. The smallest absolute Gasteiger partial charge is 0.338 e. The normalized spacial score (nSPS) is 15.6. The molecule has 0 radical (unpaired) electrons. The van der Waals surface area contributed by atoms with E-state index in [0.717, 1.165) is 0 Å². The van der Waals surface area contributed by atoms with E-state index in [0.29, 0.717) is 31.9 Å². The summed E-state index contributed by atoms with van der Waals surface area (Å²) in [4.78, 5) is 31.9. The third-order valence-electron chi connectivity index (χ3n) is 5.43. The van der Waals surface area contributed by atoms with E-state index >= 15 is 0 Å². The lowest BCUT2D eigenvalue weighted by Crippen LogP contribution is -2.40. The van der Waals surface area contributed by atoms with Crippen LogP contribution in [-0.2, 0) is 9.53 Å². The minimum absolute atomic E-state index is 0.0691. The van der Waals surface area contributed by atoms with Crippen LogP contribution in [0.3, 0.4) is 0 Å². The van der Waals surface area contributed by atoms with Gasteiger partial charge in [0.25, 0.3) is 5.56 Å². The monoisotopic (exact) mass is 546 g/mol. The summed E-state index contributed by atoms with van der Waals surface area (Å²) in [7, 11) is 0. The second-order valence-electron chi connectivity index (χ2n) is 8.34. The van der Waals surface area contributed by atoms with Gasteiger partial charge in [-0.3, -0.25) is 9.36 Å². The SMILES string of the molecule is CCOC(=O)C1=C(C)N=c2s/c(=C/c3cc(Cl)c(O)c(Cl)c3)c(=O)n2[C@@H]1c1ccccc1OC(C)C. The van der Waals surface area contributed by atoms with Gasteiger partial charge in [0, 0.05) is 5.56 Å². The number of fused-ring (bicyclic) bond motifs is 1. The first-order chi connectivity index (χ1) is 17.1. The molecule has 7 nitrogen and oxygen atoms in total. The van der Waals surface area contributed by atoms with Crippen LogP contribution in [0.5, 0.6) is 11.5 Å². The van der Waals surface area contributed by atoms with Crippen LogP contribution in [-0.4, -0.2) is 28.4 Å². The van der Waals surface area contributed by atoms with Gasteiger partial charge < -0.3 is 14.6 Å². The van der Waals surface area contributed by atoms with Crippen LogP contribution < -0.4 is 19.6 Å². The maximum Gasteiger partial charge on any atom is 0.338 e. The summed E-state index contributed by atoms with van der Waals surface area (Å²) in [6.45, 7) is 7.44. The van der Waals surface area contributed by atoms with Gasteiger partial charge in [-0.25, -0.2) is 9.79 Å². The number of benzene rings is 2. The van der Waals surface area contributed by atoms with Crippen LogP contribution in [0.15, 0.2) is 57.5 Å². The Labute approximate surface area is 221 Å². The number of halogens is 2. The number of phenols is 1. The quantitative estimate of drug-likeness (QED) is 0.456. The van der Waals surface area contributed by atoms with Crippen molar-refractivity contribution >= 4 is 46.6 Å². The Morgan fingerprint density at radius 3 is 2.56 bits per heavy atom. The molecular weight excluding hydrogens is 523 g/mol. The van der Waals surface area contributed by atoms with E-state index in [1.165, 1.54) is 28.0 Å². The molecule has 0 saturated carbocycles. The molecule has 188 valence electrons. The van der Waals surface area contributed by atoms with Crippen LogP contribution in [0.25, 0.3) is 6.08 Å². The summed E-state index contributed by atoms with van der Waals surface area (Å²) in [6, 6.07) is 9.53. The molecule has 0 bridgehead atoms. The summed E-state index contributed by atoms with van der Waals surface area (Å²) in [5.41, 5.74) is 1.56. The Kier molecular flexibility index (Phi) is 7.59. The average Bonchev–Trinajstić information content (AvgIpc) is 3.11. The molecule has 2 heterocycles. The van der Waals surface area contributed by atoms with Gasteiger partial charge in [-0.1, -0.05) is 52.7 Å². The number of aromatic nitrogens is 1. The lowest BCUT2D eigenvalue weighted by atomic mass is 9.95. The van der Waals surface area contributed by atoms with Crippen LogP contribution >= 0.6 is 34.5 Å². The van der Waals surface area contributed by atoms with Gasteiger partial charge in [0.1, 0.15) is 11.8 Å². The van der Waals surface area contributed by atoms with E-state index in [9.17, 15) is 14.7 Å². The fourth-order valence-corrected chi connectivity index (χ4v) is 5.52. The van der Waals surface area contributed by atoms with Gasteiger partial charge in [0.05, 0.1) is 38.6 Å². The molecule has 10 heteroatoms. The van der Waals surface area contributed by atoms with Crippen molar-refractivity contribution in [2.75, 3.05) is 6.61 Å². The van der Waals surface area contributed by atoms with Gasteiger partial charge >= 0.3 is 5.97 Å². The molecule has 1 N–H and O–H groups in total. The number of phenolic OH excluding ortho intramolecular Hbond substituents is 1. The number of hydrogen-bond acceptors (Lipinski definition) is 7. The van der Waals surface area contributed by atoms with Crippen molar-refractivity contribution < 1.29 is 19.4 Å². The highest BCUT2D eigenvalue weighted by Gasteiger charge is 2.35. The highest BCUT2D eigenvalue weighted by molar-refractivity contribution is 7.07. The highest BCUT2D eigenvalue weighted by atomic mass is 35.5. The number of allylic oxidation sites excluding steroid dienone is 1. The number of ether oxygens (including phenoxy) is 2. The molecule has 0 fully saturated rings. The molecule has 1 aliphatic rings. The standard InChI is InChI=1S/C26H24Cl2N2O5S/c1-5-34-25(33)21-14(4)29-26-30(22(21)16-8-6-7-9-19(16)35-13(2)3)24(32)20(36-26)12-15-10-17(27)23(31)18(28)11-15/h6-13,22,31H,5H2,1-4H3/b20-12+/t22-/m1/s1. The Morgan fingerprint density at radius 1 is 1.25 bits per heavy atom. The molecule has 0 saturated heterocycles. The summed E-state index contributed by atoms with van der Waals surface area (Å²) in [6.07, 6.45) is 1.50. The lowest BCUT2D eigenvalue weighted by molar-refractivity contribution is -0.139. The van der Waals surface area contributed by atoms with Crippen molar-refractivity contribution in [2.24, 2.45) is 4.99 Å². The predicted octanol–water partition coefficient (Wildman–Crippen LogP) is 4.60. The maximum absolute atomic E-state index is 13.8.